The van der Waals surface area contributed by atoms with Crippen molar-refractivity contribution in [3.8, 4) is 0 Å². The average molecular weight is 316 g/mol. The fourth-order valence-electron chi connectivity index (χ4n) is 2.91. The van der Waals surface area contributed by atoms with Crippen molar-refractivity contribution in [3.63, 3.8) is 0 Å². The van der Waals surface area contributed by atoms with Gasteiger partial charge in [0.1, 0.15) is 16.4 Å². The first kappa shape index (κ1) is 16.5. The van der Waals surface area contributed by atoms with Crippen molar-refractivity contribution in [2.24, 2.45) is 5.92 Å². The minimum atomic E-state index is -3.65. The van der Waals surface area contributed by atoms with Crippen molar-refractivity contribution in [2.75, 3.05) is 26.2 Å². The Morgan fingerprint density at radius 3 is 2.67 bits per heavy atom. The maximum atomic E-state index is 12.5. The number of sulfonamides is 1. The average Bonchev–Trinajstić information content (AvgIpc) is 3.00. The molecule has 1 aliphatic rings. The van der Waals surface area contributed by atoms with E-state index in [1.165, 1.54) is 0 Å². The van der Waals surface area contributed by atoms with E-state index >= 15 is 0 Å². The first-order valence-corrected chi connectivity index (χ1v) is 8.79. The Bertz CT molecular complexity index is 594. The highest BCUT2D eigenvalue weighted by Crippen LogP contribution is 2.26. The van der Waals surface area contributed by atoms with Gasteiger partial charge in [-0.1, -0.05) is 6.92 Å². The first-order chi connectivity index (χ1) is 9.89. The molecule has 2 heterocycles. The number of nitrogens with one attached hydrogen (secondary N) is 1. The molecule has 21 heavy (non-hydrogen) atoms. The largest absolute Gasteiger partial charge is 0.465 e. The molecule has 1 saturated heterocycles. The van der Waals surface area contributed by atoms with Gasteiger partial charge in [-0.25, -0.2) is 13.1 Å². The molecule has 1 atom stereocenters. The third-order valence-corrected chi connectivity index (χ3v) is 5.75. The summed E-state index contributed by atoms with van der Waals surface area (Å²) in [7, 11) is -3.65. The topological polar surface area (TPSA) is 82.8 Å². The summed E-state index contributed by atoms with van der Waals surface area (Å²) < 4.78 is 32.9. The number of aliphatic hydroxyl groups excluding tert-OH is 1. The second-order valence-electron chi connectivity index (χ2n) is 5.58. The van der Waals surface area contributed by atoms with E-state index in [2.05, 4.69) is 16.5 Å². The van der Waals surface area contributed by atoms with E-state index in [0.29, 0.717) is 29.5 Å². The van der Waals surface area contributed by atoms with Crippen LogP contribution < -0.4 is 4.72 Å². The molecule has 0 aromatic carbocycles. The summed E-state index contributed by atoms with van der Waals surface area (Å²) in [6, 6.07) is 0. The Morgan fingerprint density at radius 1 is 1.38 bits per heavy atom. The molecule has 0 spiro atoms. The van der Waals surface area contributed by atoms with Crippen LogP contribution in [0.4, 0.5) is 0 Å². The summed E-state index contributed by atoms with van der Waals surface area (Å²) in [4.78, 5) is 2.40. The van der Waals surface area contributed by atoms with E-state index in [-0.39, 0.29) is 11.5 Å². The molecule has 0 amide bonds. The van der Waals surface area contributed by atoms with Crippen LogP contribution in [-0.2, 0) is 16.6 Å². The van der Waals surface area contributed by atoms with Gasteiger partial charge in [-0.15, -0.1) is 0 Å². The lowest BCUT2D eigenvalue weighted by Gasteiger charge is -2.14. The maximum absolute atomic E-state index is 12.5. The van der Waals surface area contributed by atoms with Crippen LogP contribution in [0.25, 0.3) is 0 Å². The van der Waals surface area contributed by atoms with Gasteiger partial charge >= 0.3 is 0 Å². The number of nitrogens with zero attached hydrogens (tertiary/aromatic N) is 1. The van der Waals surface area contributed by atoms with Gasteiger partial charge in [0, 0.05) is 18.7 Å². The lowest BCUT2D eigenvalue weighted by molar-refractivity contribution is 0.276. The Morgan fingerprint density at radius 2 is 2.10 bits per heavy atom. The van der Waals surface area contributed by atoms with Crippen LogP contribution in [0.15, 0.2) is 9.31 Å². The minimum absolute atomic E-state index is 0.0906. The third-order valence-electron chi connectivity index (χ3n) is 4.13. The van der Waals surface area contributed by atoms with E-state index < -0.39 is 10.0 Å². The van der Waals surface area contributed by atoms with E-state index in [4.69, 9.17) is 4.42 Å². The summed E-state index contributed by atoms with van der Waals surface area (Å²) in [5.74, 6) is 1.12. The van der Waals surface area contributed by atoms with Crippen molar-refractivity contribution >= 4 is 10.0 Å². The quantitative estimate of drug-likeness (QED) is 0.818. The third kappa shape index (κ3) is 3.48. The van der Waals surface area contributed by atoms with E-state index in [1.807, 2.05) is 0 Å². The van der Waals surface area contributed by atoms with Gasteiger partial charge in [-0.2, -0.15) is 0 Å². The second-order valence-corrected chi connectivity index (χ2v) is 7.28. The molecule has 1 aromatic heterocycles. The lowest BCUT2D eigenvalue weighted by atomic mass is 10.1. The van der Waals surface area contributed by atoms with Crippen molar-refractivity contribution in [1.82, 2.24) is 9.62 Å². The molecule has 0 saturated carbocycles. The number of aliphatic hydroxyl groups is 1. The Hall–Kier alpha value is -0.890. The number of aryl methyl sites for hydroxylation is 2. The number of hydrogen-bond donors (Lipinski definition) is 2. The van der Waals surface area contributed by atoms with Gasteiger partial charge in [0.05, 0.1) is 6.61 Å². The highest BCUT2D eigenvalue weighted by Gasteiger charge is 2.28. The highest BCUT2D eigenvalue weighted by atomic mass is 32.2. The standard InChI is InChI=1S/C14H24N2O4S/c1-4-16-6-5-12(8-16)7-15-21(18,19)14-11(3)20-10(2)13(14)9-17/h12,15,17H,4-9H2,1-3H3. The first-order valence-electron chi connectivity index (χ1n) is 7.30. The van der Waals surface area contributed by atoms with Gasteiger partial charge in [0.15, 0.2) is 0 Å². The normalized spacial score (nSPS) is 20.3. The van der Waals surface area contributed by atoms with Gasteiger partial charge in [-0.3, -0.25) is 0 Å². The van der Waals surface area contributed by atoms with Crippen LogP contribution >= 0.6 is 0 Å². The van der Waals surface area contributed by atoms with Crippen LogP contribution in [0.2, 0.25) is 0 Å². The minimum Gasteiger partial charge on any atom is -0.465 e. The zero-order valence-electron chi connectivity index (χ0n) is 12.8. The van der Waals surface area contributed by atoms with Gasteiger partial charge in [0.2, 0.25) is 10.0 Å². The number of furan rings is 1. The smallest absolute Gasteiger partial charge is 0.244 e. The van der Waals surface area contributed by atoms with Crippen molar-refractivity contribution < 1.29 is 17.9 Å². The predicted octanol–water partition coefficient (Wildman–Crippen LogP) is 1.01. The van der Waals surface area contributed by atoms with Gasteiger partial charge in [-0.05, 0) is 39.3 Å². The van der Waals surface area contributed by atoms with Crippen molar-refractivity contribution in [1.29, 1.82) is 0 Å². The zero-order valence-corrected chi connectivity index (χ0v) is 13.7. The number of hydrogen-bond acceptors (Lipinski definition) is 5. The Kier molecular flexibility index (Phi) is 5.08. The maximum Gasteiger partial charge on any atom is 0.244 e. The summed E-state index contributed by atoms with van der Waals surface area (Å²) >= 11 is 0. The van der Waals surface area contributed by atoms with Crippen LogP contribution in [0.1, 0.15) is 30.4 Å². The summed E-state index contributed by atoms with van der Waals surface area (Å²) in [6.07, 6.45) is 1.01. The van der Waals surface area contributed by atoms with E-state index in [9.17, 15) is 13.5 Å². The number of rotatable bonds is 6. The Labute approximate surface area is 126 Å². The molecule has 0 radical (unpaired) electrons. The molecule has 6 nitrogen and oxygen atoms in total. The van der Waals surface area contributed by atoms with Crippen molar-refractivity contribution in [3.05, 3.63) is 17.1 Å². The van der Waals surface area contributed by atoms with Gasteiger partial charge < -0.3 is 14.4 Å². The molecule has 0 bridgehead atoms. The molecule has 0 aliphatic carbocycles. The summed E-state index contributed by atoms with van der Waals surface area (Å²) in [6.45, 7) is 8.40. The summed E-state index contributed by atoms with van der Waals surface area (Å²) in [5.41, 5.74) is 0.349. The Balaban J connectivity index is 2.09. The SMILES string of the molecule is CCN1CCC(CNS(=O)(=O)c2c(C)oc(C)c2CO)C1. The molecule has 120 valence electrons. The summed E-state index contributed by atoms with van der Waals surface area (Å²) in [5, 5.41) is 9.36. The second kappa shape index (κ2) is 6.48. The highest BCUT2D eigenvalue weighted by molar-refractivity contribution is 7.89. The lowest BCUT2D eigenvalue weighted by Crippen LogP contribution is -2.31. The van der Waals surface area contributed by atoms with Crippen LogP contribution in [0, 0.1) is 19.8 Å². The van der Waals surface area contributed by atoms with Crippen LogP contribution in [0.5, 0.6) is 0 Å². The molecular weight excluding hydrogens is 292 g/mol. The molecule has 1 fully saturated rings. The molecule has 7 heteroatoms. The molecule has 1 aliphatic heterocycles. The van der Waals surface area contributed by atoms with Crippen LogP contribution in [0.3, 0.4) is 0 Å². The molecule has 2 rings (SSSR count). The molecule has 1 unspecified atom stereocenters. The fourth-order valence-corrected chi connectivity index (χ4v) is 4.46. The van der Waals surface area contributed by atoms with E-state index in [0.717, 1.165) is 26.1 Å². The predicted molar refractivity (Wildman–Crippen MR) is 79.5 cm³/mol. The molecule has 2 N–H and O–H groups in total. The van der Waals surface area contributed by atoms with Gasteiger partial charge in [0.25, 0.3) is 0 Å². The van der Waals surface area contributed by atoms with Crippen LogP contribution in [-0.4, -0.2) is 44.6 Å². The molecular formula is C14H24N2O4S. The van der Waals surface area contributed by atoms with E-state index in [1.54, 1.807) is 13.8 Å². The number of likely N-dealkylation sites (tertiary alicyclic amines) is 1. The monoisotopic (exact) mass is 316 g/mol. The van der Waals surface area contributed by atoms with Crippen molar-refractivity contribution in [2.45, 2.75) is 38.7 Å². The zero-order chi connectivity index (χ0) is 15.6. The molecule has 1 aromatic rings. The fraction of sp³-hybridized carbons (Fsp3) is 0.714.